The van der Waals surface area contributed by atoms with Gasteiger partial charge in [-0.3, -0.25) is 4.79 Å². The highest BCUT2D eigenvalue weighted by molar-refractivity contribution is 7.90. The minimum Gasteiger partial charge on any atom is -0.494 e. The predicted octanol–water partition coefficient (Wildman–Crippen LogP) is 6.29. The van der Waals surface area contributed by atoms with Crippen molar-refractivity contribution in [2.75, 3.05) is 32.3 Å². The van der Waals surface area contributed by atoms with Crippen molar-refractivity contribution < 1.29 is 45.3 Å². The number of carbonyl (C=O) groups is 1. The molecule has 11 heteroatoms. The van der Waals surface area contributed by atoms with Gasteiger partial charge < -0.3 is 18.9 Å². The van der Waals surface area contributed by atoms with E-state index in [2.05, 4.69) is 0 Å². The van der Waals surface area contributed by atoms with Crippen molar-refractivity contribution in [2.24, 2.45) is 0 Å². The maximum Gasteiger partial charge on any atom is 0.417 e. The molecule has 5 rings (SSSR count). The number of alkyl halides is 3. The number of sulfone groups is 1. The molecule has 2 atom stereocenters. The minimum absolute atomic E-state index is 0.00614. The van der Waals surface area contributed by atoms with E-state index in [1.54, 1.807) is 36.4 Å². The van der Waals surface area contributed by atoms with Gasteiger partial charge in [-0.25, -0.2) is 8.42 Å². The Hall–Kier alpha value is -3.73. The first kappa shape index (κ1) is 29.8. The second-order valence-electron chi connectivity index (χ2n) is 10.5. The Balaban J connectivity index is 1.36. The van der Waals surface area contributed by atoms with Crippen LogP contribution in [0.2, 0.25) is 0 Å². The monoisotopic (exact) mass is 604 g/mol. The second kappa shape index (κ2) is 11.9. The molecule has 0 spiro atoms. The van der Waals surface area contributed by atoms with E-state index in [4.69, 9.17) is 18.9 Å². The van der Waals surface area contributed by atoms with Crippen molar-refractivity contribution in [1.29, 1.82) is 0 Å². The summed E-state index contributed by atoms with van der Waals surface area (Å²) in [7, 11) is -1.76. The molecule has 0 N–H and O–H groups in total. The molecular weight excluding hydrogens is 573 g/mol. The van der Waals surface area contributed by atoms with Crippen LogP contribution >= 0.6 is 0 Å². The van der Waals surface area contributed by atoms with Gasteiger partial charge in [0.2, 0.25) is 0 Å². The van der Waals surface area contributed by atoms with Crippen molar-refractivity contribution in [3.63, 3.8) is 0 Å². The molecule has 224 valence electrons. The highest BCUT2D eigenvalue weighted by Gasteiger charge is 2.38. The third-order valence-electron chi connectivity index (χ3n) is 7.51. The van der Waals surface area contributed by atoms with Crippen molar-refractivity contribution >= 4 is 15.8 Å². The molecule has 0 unspecified atom stereocenters. The van der Waals surface area contributed by atoms with E-state index in [1.165, 1.54) is 13.2 Å². The summed E-state index contributed by atoms with van der Waals surface area (Å²) < 4.78 is 87.4. The Morgan fingerprint density at radius 1 is 1.02 bits per heavy atom. The number of fused-ring (bicyclic) bond motifs is 2. The van der Waals surface area contributed by atoms with E-state index < -0.39 is 27.7 Å². The number of hydrogen-bond acceptors (Lipinski definition) is 7. The van der Waals surface area contributed by atoms with Crippen molar-refractivity contribution in [3.05, 3.63) is 76.9 Å². The fourth-order valence-corrected chi connectivity index (χ4v) is 6.17. The zero-order valence-electron chi connectivity index (χ0n) is 23.2. The largest absolute Gasteiger partial charge is 0.494 e. The lowest BCUT2D eigenvalue weighted by Gasteiger charge is -2.20. The van der Waals surface area contributed by atoms with Crippen molar-refractivity contribution in [1.82, 2.24) is 0 Å². The molecule has 1 aliphatic heterocycles. The van der Waals surface area contributed by atoms with Crippen LogP contribution in [0.15, 0.2) is 54.6 Å². The highest BCUT2D eigenvalue weighted by Crippen LogP contribution is 2.47. The molecule has 1 heterocycles. The molecule has 3 aromatic carbocycles. The number of rotatable bonds is 10. The summed E-state index contributed by atoms with van der Waals surface area (Å²) in [5.74, 6) is 1.16. The third kappa shape index (κ3) is 6.67. The third-order valence-corrected chi connectivity index (χ3v) is 8.54. The van der Waals surface area contributed by atoms with E-state index in [0.29, 0.717) is 59.8 Å². The smallest absolute Gasteiger partial charge is 0.417 e. The zero-order valence-corrected chi connectivity index (χ0v) is 24.0. The molecule has 0 bridgehead atoms. The fourth-order valence-electron chi connectivity index (χ4n) is 5.53. The molecule has 42 heavy (non-hydrogen) atoms. The van der Waals surface area contributed by atoms with Gasteiger partial charge in [0.25, 0.3) is 0 Å². The van der Waals surface area contributed by atoms with Crippen LogP contribution < -0.4 is 14.2 Å². The second-order valence-corrected chi connectivity index (χ2v) is 12.8. The Labute approximate surface area is 242 Å². The van der Waals surface area contributed by atoms with Crippen LogP contribution in [-0.4, -0.2) is 46.7 Å². The van der Waals surface area contributed by atoms with Crippen LogP contribution in [0.3, 0.4) is 0 Å². The summed E-state index contributed by atoms with van der Waals surface area (Å²) in [6.07, 6.45) is -2.40. The van der Waals surface area contributed by atoms with Gasteiger partial charge in [0.15, 0.2) is 0 Å². The van der Waals surface area contributed by atoms with Gasteiger partial charge in [0.1, 0.15) is 33.2 Å². The van der Waals surface area contributed by atoms with E-state index >= 15 is 0 Å². The lowest BCUT2D eigenvalue weighted by Crippen LogP contribution is -2.10. The Bertz CT molecular complexity index is 1570. The van der Waals surface area contributed by atoms with Crippen LogP contribution in [0.4, 0.5) is 13.2 Å². The summed E-state index contributed by atoms with van der Waals surface area (Å²) in [6.45, 7) is 0.536. The standard InChI is InChI=1S/C31H31F3O7S/c1-38-29(35)16-20-18-40-28-17-22(8-9-23(20)28)41-27-13-11-25-24(27)10-12-26(31(32,33)34)30(25)19-4-6-21(7-5-19)39-14-3-15-42(2,36)37/h4-10,12,17,20,27H,3,11,13-16,18H2,1-2H3/t20-,27-/m1/s1. The number of benzene rings is 3. The van der Waals surface area contributed by atoms with Gasteiger partial charge in [-0.05, 0) is 65.8 Å². The lowest BCUT2D eigenvalue weighted by atomic mass is 9.91. The molecule has 0 aromatic heterocycles. The fraction of sp³-hybridized carbons (Fsp3) is 0.387. The molecule has 0 radical (unpaired) electrons. The predicted molar refractivity (Wildman–Crippen MR) is 150 cm³/mol. The number of halogens is 3. The molecule has 0 fully saturated rings. The first-order valence-electron chi connectivity index (χ1n) is 13.6. The average molecular weight is 605 g/mol. The van der Waals surface area contributed by atoms with E-state index in [0.717, 1.165) is 17.9 Å². The van der Waals surface area contributed by atoms with Gasteiger partial charge in [0, 0.05) is 23.8 Å². The van der Waals surface area contributed by atoms with Gasteiger partial charge in [-0.1, -0.05) is 24.3 Å². The van der Waals surface area contributed by atoms with Crippen LogP contribution in [0, 0.1) is 0 Å². The SMILES string of the molecule is COC(=O)C[C@@H]1COc2cc(O[C@@H]3CCc4c3ccc(C(F)(F)F)c4-c3ccc(OCCCS(C)(=O)=O)cc3)ccc21. The molecule has 3 aromatic rings. The maximum atomic E-state index is 14.1. The number of esters is 1. The first-order chi connectivity index (χ1) is 19.9. The van der Waals surface area contributed by atoms with Crippen LogP contribution in [-0.2, 0) is 32.0 Å². The van der Waals surface area contributed by atoms with E-state index in [1.807, 2.05) is 6.07 Å². The van der Waals surface area contributed by atoms with Crippen molar-refractivity contribution in [2.45, 2.75) is 43.9 Å². The number of ether oxygens (including phenoxy) is 4. The Morgan fingerprint density at radius 2 is 1.74 bits per heavy atom. The molecular formula is C31H31F3O7S. The summed E-state index contributed by atoms with van der Waals surface area (Å²) in [4.78, 5) is 11.7. The molecule has 7 nitrogen and oxygen atoms in total. The summed E-state index contributed by atoms with van der Waals surface area (Å²) in [6, 6.07) is 14.4. The van der Waals surface area contributed by atoms with E-state index in [-0.39, 0.29) is 36.2 Å². The molecule has 0 saturated heterocycles. The topological polar surface area (TPSA) is 88.1 Å². The summed E-state index contributed by atoms with van der Waals surface area (Å²) in [5.41, 5.74) is 1.99. The van der Waals surface area contributed by atoms with Crippen molar-refractivity contribution in [3.8, 4) is 28.4 Å². The van der Waals surface area contributed by atoms with Crippen LogP contribution in [0.25, 0.3) is 11.1 Å². The van der Waals surface area contributed by atoms with Gasteiger partial charge in [0.05, 0.1) is 38.1 Å². The quantitative estimate of drug-likeness (QED) is 0.199. The Morgan fingerprint density at radius 3 is 2.43 bits per heavy atom. The lowest BCUT2D eigenvalue weighted by molar-refractivity contribution is -0.141. The van der Waals surface area contributed by atoms with Crippen LogP contribution in [0.1, 0.15) is 53.5 Å². The Kier molecular flexibility index (Phi) is 8.41. The summed E-state index contributed by atoms with van der Waals surface area (Å²) >= 11 is 0. The van der Waals surface area contributed by atoms with Gasteiger partial charge in [-0.2, -0.15) is 13.2 Å². The summed E-state index contributed by atoms with van der Waals surface area (Å²) in [5, 5.41) is 0. The normalized spacial score (nSPS) is 17.7. The highest BCUT2D eigenvalue weighted by atomic mass is 32.2. The molecule has 1 aliphatic carbocycles. The zero-order chi connectivity index (χ0) is 30.1. The molecule has 0 amide bonds. The van der Waals surface area contributed by atoms with E-state index in [9.17, 15) is 26.4 Å². The number of methoxy groups -OCH3 is 1. The van der Waals surface area contributed by atoms with Crippen LogP contribution in [0.5, 0.6) is 17.2 Å². The maximum absolute atomic E-state index is 14.1. The number of hydrogen-bond donors (Lipinski definition) is 0. The average Bonchev–Trinajstić information content (AvgIpc) is 3.53. The van der Waals surface area contributed by atoms with Gasteiger partial charge in [-0.15, -0.1) is 0 Å². The molecule has 2 aliphatic rings. The first-order valence-corrected chi connectivity index (χ1v) is 15.6. The minimum atomic E-state index is -4.55. The van der Waals surface area contributed by atoms with Gasteiger partial charge >= 0.3 is 12.1 Å². The number of carbonyl (C=O) groups excluding carboxylic acids is 1. The molecule has 0 saturated carbocycles.